The zero-order valence-electron chi connectivity index (χ0n) is 16.2. The van der Waals surface area contributed by atoms with Crippen molar-refractivity contribution in [3.05, 3.63) is 64.3 Å². The number of hydrogen-bond acceptors (Lipinski definition) is 4. The van der Waals surface area contributed by atoms with Gasteiger partial charge in [-0.3, -0.25) is 14.2 Å². The Labute approximate surface area is 168 Å². The Balaban J connectivity index is 2.19. The van der Waals surface area contributed by atoms with Crippen molar-refractivity contribution in [1.29, 1.82) is 0 Å². The molecule has 0 saturated heterocycles. The lowest BCUT2D eigenvalue weighted by atomic mass is 9.98. The third-order valence-corrected chi connectivity index (χ3v) is 4.92. The van der Waals surface area contributed by atoms with Crippen LogP contribution in [0.3, 0.4) is 0 Å². The first-order valence-electron chi connectivity index (χ1n) is 9.05. The molecule has 3 aromatic rings. The standard InChI is InChI=1S/C22H22ClNO4/c1-12(2)28-22(27)13(3)20-14(4)24(19-10-9-17(25)11-18(19)20)21(26)15-5-7-16(23)8-6-15/h5-13,25H,1-4H3/t13-/m1/s1. The number of carbonyl (C=O) groups is 2. The molecule has 0 aliphatic rings. The van der Waals surface area contributed by atoms with Crippen molar-refractivity contribution in [1.82, 2.24) is 4.57 Å². The fraction of sp³-hybridized carbons (Fsp3) is 0.273. The number of aromatic nitrogens is 1. The van der Waals surface area contributed by atoms with Crippen LogP contribution in [0.1, 0.15) is 48.3 Å². The van der Waals surface area contributed by atoms with Crippen LogP contribution in [0.15, 0.2) is 42.5 Å². The van der Waals surface area contributed by atoms with Crippen LogP contribution in [-0.2, 0) is 9.53 Å². The lowest BCUT2D eigenvalue weighted by molar-refractivity contribution is -0.148. The van der Waals surface area contributed by atoms with Crippen molar-refractivity contribution in [3.8, 4) is 5.75 Å². The maximum atomic E-state index is 13.2. The minimum atomic E-state index is -0.592. The molecule has 1 heterocycles. The molecule has 146 valence electrons. The second-order valence-electron chi connectivity index (χ2n) is 7.06. The number of phenolic OH excluding ortho intramolecular Hbond substituents is 1. The number of aromatic hydroxyl groups is 1. The van der Waals surface area contributed by atoms with Crippen molar-refractivity contribution in [2.45, 2.75) is 39.7 Å². The number of esters is 1. The Morgan fingerprint density at radius 3 is 2.32 bits per heavy atom. The van der Waals surface area contributed by atoms with Gasteiger partial charge in [-0.15, -0.1) is 0 Å². The van der Waals surface area contributed by atoms with E-state index in [0.717, 1.165) is 0 Å². The lowest BCUT2D eigenvalue weighted by Gasteiger charge is -2.15. The van der Waals surface area contributed by atoms with Gasteiger partial charge in [-0.05, 0) is 75.7 Å². The number of ether oxygens (including phenoxy) is 1. The average Bonchev–Trinajstić information content (AvgIpc) is 2.91. The molecule has 3 rings (SSSR count). The molecule has 1 aromatic heterocycles. The van der Waals surface area contributed by atoms with E-state index in [1.54, 1.807) is 68.7 Å². The molecule has 2 aromatic carbocycles. The molecule has 6 heteroatoms. The predicted octanol–water partition coefficient (Wildman–Crippen LogP) is 5.05. The molecule has 0 aliphatic carbocycles. The summed E-state index contributed by atoms with van der Waals surface area (Å²) in [5.41, 5.74) is 2.39. The van der Waals surface area contributed by atoms with Crippen LogP contribution < -0.4 is 0 Å². The molecule has 5 nitrogen and oxygen atoms in total. The van der Waals surface area contributed by atoms with E-state index in [1.165, 1.54) is 6.07 Å². The van der Waals surface area contributed by atoms with Crippen molar-refractivity contribution in [2.24, 2.45) is 0 Å². The van der Waals surface area contributed by atoms with Crippen LogP contribution >= 0.6 is 11.6 Å². The highest BCUT2D eigenvalue weighted by molar-refractivity contribution is 6.30. The molecule has 1 atom stereocenters. The van der Waals surface area contributed by atoms with Gasteiger partial charge in [0.15, 0.2) is 0 Å². The minimum Gasteiger partial charge on any atom is -0.508 e. The van der Waals surface area contributed by atoms with Crippen molar-refractivity contribution >= 4 is 34.4 Å². The first-order chi connectivity index (χ1) is 13.2. The Bertz CT molecular complexity index is 1050. The normalized spacial score (nSPS) is 12.4. The number of fused-ring (bicyclic) bond motifs is 1. The number of carbonyl (C=O) groups excluding carboxylic acids is 2. The van der Waals surface area contributed by atoms with Gasteiger partial charge in [-0.25, -0.2) is 0 Å². The van der Waals surface area contributed by atoms with E-state index in [0.29, 0.717) is 32.7 Å². The Kier molecular flexibility index (Phi) is 5.47. The third-order valence-electron chi connectivity index (χ3n) is 4.67. The molecule has 0 radical (unpaired) electrons. The Hall–Kier alpha value is -2.79. The SMILES string of the molecule is Cc1c([C@@H](C)C(=O)OC(C)C)c2cc(O)ccc2n1C(=O)c1ccc(Cl)cc1. The monoisotopic (exact) mass is 399 g/mol. The number of phenols is 1. The Morgan fingerprint density at radius 1 is 1.07 bits per heavy atom. The molecule has 0 amide bonds. The summed E-state index contributed by atoms with van der Waals surface area (Å²) in [5.74, 6) is -1.14. The molecule has 0 bridgehead atoms. The fourth-order valence-electron chi connectivity index (χ4n) is 3.41. The van der Waals surface area contributed by atoms with Gasteiger partial charge < -0.3 is 9.84 Å². The lowest BCUT2D eigenvalue weighted by Crippen LogP contribution is -2.19. The Morgan fingerprint density at radius 2 is 1.71 bits per heavy atom. The number of hydrogen-bond donors (Lipinski definition) is 1. The van der Waals surface area contributed by atoms with Gasteiger partial charge in [-0.2, -0.15) is 0 Å². The quantitative estimate of drug-likeness (QED) is 0.623. The summed E-state index contributed by atoms with van der Waals surface area (Å²) in [6, 6.07) is 11.4. The summed E-state index contributed by atoms with van der Waals surface area (Å²) < 4.78 is 6.92. The van der Waals surface area contributed by atoms with Crippen LogP contribution in [0.4, 0.5) is 0 Å². The minimum absolute atomic E-state index is 0.0641. The highest BCUT2D eigenvalue weighted by atomic mass is 35.5. The van der Waals surface area contributed by atoms with Crippen LogP contribution in [0.2, 0.25) is 5.02 Å². The second kappa shape index (κ2) is 7.68. The molecule has 1 N–H and O–H groups in total. The van der Waals surface area contributed by atoms with Crippen LogP contribution in [0, 0.1) is 6.92 Å². The van der Waals surface area contributed by atoms with Crippen LogP contribution in [-0.4, -0.2) is 27.7 Å². The van der Waals surface area contributed by atoms with Crippen LogP contribution in [0.25, 0.3) is 10.9 Å². The summed E-state index contributed by atoms with van der Waals surface area (Å²) in [6.45, 7) is 7.11. The van der Waals surface area contributed by atoms with Gasteiger partial charge in [0.05, 0.1) is 17.5 Å². The largest absolute Gasteiger partial charge is 0.508 e. The zero-order valence-corrected chi connectivity index (χ0v) is 16.9. The van der Waals surface area contributed by atoms with E-state index in [-0.39, 0.29) is 23.7 Å². The maximum absolute atomic E-state index is 13.2. The molecule has 0 fully saturated rings. The summed E-state index contributed by atoms with van der Waals surface area (Å²) in [4.78, 5) is 25.7. The smallest absolute Gasteiger partial charge is 0.313 e. The number of halogens is 1. The third kappa shape index (κ3) is 3.62. The molecule has 0 saturated carbocycles. The first-order valence-corrected chi connectivity index (χ1v) is 9.43. The molecule has 28 heavy (non-hydrogen) atoms. The summed E-state index contributed by atoms with van der Waals surface area (Å²) in [7, 11) is 0. The molecular weight excluding hydrogens is 378 g/mol. The van der Waals surface area contributed by atoms with E-state index in [9.17, 15) is 14.7 Å². The van der Waals surface area contributed by atoms with Crippen molar-refractivity contribution in [2.75, 3.05) is 0 Å². The van der Waals surface area contributed by atoms with Gasteiger partial charge in [0.2, 0.25) is 0 Å². The predicted molar refractivity (Wildman–Crippen MR) is 109 cm³/mol. The summed E-state index contributed by atoms with van der Waals surface area (Å²) in [6.07, 6.45) is -0.243. The van der Waals surface area contributed by atoms with Gasteiger partial charge in [-0.1, -0.05) is 11.6 Å². The number of nitrogens with zero attached hydrogens (tertiary/aromatic N) is 1. The number of rotatable bonds is 4. The van der Waals surface area contributed by atoms with E-state index in [2.05, 4.69) is 0 Å². The zero-order chi connectivity index (χ0) is 20.6. The highest BCUT2D eigenvalue weighted by Gasteiger charge is 2.28. The molecule has 0 unspecified atom stereocenters. The van der Waals surface area contributed by atoms with E-state index >= 15 is 0 Å². The van der Waals surface area contributed by atoms with Gasteiger partial charge in [0.1, 0.15) is 5.75 Å². The second-order valence-corrected chi connectivity index (χ2v) is 7.49. The van der Waals surface area contributed by atoms with Gasteiger partial charge in [0, 0.05) is 21.7 Å². The number of benzene rings is 2. The van der Waals surface area contributed by atoms with E-state index in [4.69, 9.17) is 16.3 Å². The fourth-order valence-corrected chi connectivity index (χ4v) is 3.54. The van der Waals surface area contributed by atoms with Crippen molar-refractivity contribution in [3.63, 3.8) is 0 Å². The van der Waals surface area contributed by atoms with E-state index < -0.39 is 5.92 Å². The summed E-state index contributed by atoms with van der Waals surface area (Å²) >= 11 is 5.93. The topological polar surface area (TPSA) is 68.5 Å². The van der Waals surface area contributed by atoms with Crippen molar-refractivity contribution < 1.29 is 19.4 Å². The average molecular weight is 400 g/mol. The highest BCUT2D eigenvalue weighted by Crippen LogP contribution is 2.35. The maximum Gasteiger partial charge on any atom is 0.313 e. The van der Waals surface area contributed by atoms with E-state index in [1.807, 2.05) is 0 Å². The first kappa shape index (κ1) is 20.0. The molecule has 0 aliphatic heterocycles. The molecular formula is C22H22ClNO4. The molecule has 0 spiro atoms. The van der Waals surface area contributed by atoms with Crippen LogP contribution in [0.5, 0.6) is 5.75 Å². The van der Waals surface area contributed by atoms with Gasteiger partial charge >= 0.3 is 5.97 Å². The summed E-state index contributed by atoms with van der Waals surface area (Å²) in [5, 5.41) is 11.2. The van der Waals surface area contributed by atoms with Gasteiger partial charge in [0.25, 0.3) is 5.91 Å².